The molecule has 0 radical (unpaired) electrons. The summed E-state index contributed by atoms with van der Waals surface area (Å²) in [6.07, 6.45) is -3.02. The lowest BCUT2D eigenvalue weighted by atomic mass is 10.2. The predicted octanol–water partition coefficient (Wildman–Crippen LogP) is 4.16. The van der Waals surface area contributed by atoms with Crippen LogP contribution in [0, 0.1) is 0 Å². The van der Waals surface area contributed by atoms with E-state index in [-0.39, 0.29) is 0 Å². The molecule has 9 heteroatoms. The van der Waals surface area contributed by atoms with Gasteiger partial charge >= 0.3 is 18.0 Å². The van der Waals surface area contributed by atoms with Crippen LogP contribution in [0.25, 0.3) is 0 Å². The minimum Gasteiger partial charge on any atom is -0.373 e. The van der Waals surface area contributed by atoms with Gasteiger partial charge in [-0.1, -0.05) is 12.2 Å². The molecule has 0 saturated carbocycles. The van der Waals surface area contributed by atoms with E-state index >= 15 is 0 Å². The van der Waals surface area contributed by atoms with Gasteiger partial charge in [0.2, 0.25) is 0 Å². The summed E-state index contributed by atoms with van der Waals surface area (Å²) in [5.41, 5.74) is 0. The summed E-state index contributed by atoms with van der Waals surface area (Å²) in [6.45, 7) is 5.12. The second-order valence-electron chi connectivity index (χ2n) is 3.03. The van der Waals surface area contributed by atoms with Gasteiger partial charge in [-0.25, -0.2) is 4.39 Å². The van der Waals surface area contributed by atoms with Crippen LogP contribution in [0.15, 0.2) is 25.3 Å². The first kappa shape index (κ1) is 20.2. The molecule has 0 saturated heterocycles. The van der Waals surface area contributed by atoms with Gasteiger partial charge in [0.05, 0.1) is 13.2 Å². The Bertz CT molecular complexity index is 263. The van der Waals surface area contributed by atoms with E-state index in [9.17, 15) is 35.1 Å². The number of hydrogen-bond donors (Lipinski definition) is 0. The minimum atomic E-state index is -6.44. The second-order valence-corrected chi connectivity index (χ2v) is 3.03. The third-order valence-electron chi connectivity index (χ3n) is 1.45. The van der Waals surface area contributed by atoms with E-state index in [0.717, 1.165) is 0 Å². The highest BCUT2D eigenvalue weighted by molar-refractivity contribution is 4.90. The third kappa shape index (κ3) is 6.55. The second kappa shape index (κ2) is 8.13. The molecule has 0 unspecified atom stereocenters. The summed E-state index contributed by atoms with van der Waals surface area (Å²) in [4.78, 5) is 0. The zero-order chi connectivity index (χ0) is 15.7. The van der Waals surface area contributed by atoms with Crippen molar-refractivity contribution in [1.29, 1.82) is 0 Å². The van der Waals surface area contributed by atoms with Gasteiger partial charge in [0, 0.05) is 0 Å². The molecule has 0 heterocycles. The zero-order valence-electron chi connectivity index (χ0n) is 9.62. The Kier molecular flexibility index (Phi) is 8.65. The standard InChI is InChI=1S/C6H10O.C4H2F8/c1-3-5-7-6-4-2;5-1-2(6,7)3(8,9)4(10,11)12/h3-4H,1-2,5-6H2;1H2. The topological polar surface area (TPSA) is 9.23 Å². The molecule has 0 N–H and O–H groups in total. The van der Waals surface area contributed by atoms with Crippen molar-refractivity contribution in [3.8, 4) is 0 Å². The first-order valence-electron chi connectivity index (χ1n) is 4.65. The molecule has 0 fully saturated rings. The molecule has 0 aromatic rings. The zero-order valence-corrected chi connectivity index (χ0v) is 9.62. The Morgan fingerprint density at radius 1 is 0.842 bits per heavy atom. The molecule has 0 aliphatic carbocycles. The number of ether oxygens (including phenoxy) is 1. The lowest BCUT2D eigenvalue weighted by Crippen LogP contribution is -2.53. The van der Waals surface area contributed by atoms with Crippen LogP contribution >= 0.6 is 0 Å². The Labute approximate surface area is 104 Å². The Morgan fingerprint density at radius 2 is 1.21 bits per heavy atom. The molecule has 0 bridgehead atoms. The highest BCUT2D eigenvalue weighted by Gasteiger charge is 2.73. The molecule has 1 nitrogen and oxygen atoms in total. The van der Waals surface area contributed by atoms with Gasteiger partial charge in [0.1, 0.15) is 0 Å². The maximum absolute atomic E-state index is 11.6. The first-order valence-corrected chi connectivity index (χ1v) is 4.65. The first-order chi connectivity index (χ1) is 8.47. The molecule has 0 aromatic heterocycles. The monoisotopic (exact) mass is 300 g/mol. The van der Waals surface area contributed by atoms with Crippen LogP contribution in [0.3, 0.4) is 0 Å². The van der Waals surface area contributed by atoms with Gasteiger partial charge in [-0.2, -0.15) is 30.7 Å². The summed E-state index contributed by atoms with van der Waals surface area (Å²) in [5, 5.41) is 0. The van der Waals surface area contributed by atoms with Gasteiger partial charge in [0.15, 0.2) is 6.67 Å². The maximum atomic E-state index is 11.6. The average molecular weight is 300 g/mol. The Balaban J connectivity index is 0. The molecule has 0 aromatic carbocycles. The van der Waals surface area contributed by atoms with E-state index < -0.39 is 24.7 Å². The highest BCUT2D eigenvalue weighted by Crippen LogP contribution is 2.46. The largest absolute Gasteiger partial charge is 0.459 e. The molecule has 0 aliphatic heterocycles. The highest BCUT2D eigenvalue weighted by atomic mass is 19.4. The van der Waals surface area contributed by atoms with Crippen molar-refractivity contribution in [2.45, 2.75) is 18.0 Å². The van der Waals surface area contributed by atoms with Crippen molar-refractivity contribution >= 4 is 0 Å². The van der Waals surface area contributed by atoms with Gasteiger partial charge in [-0.15, -0.1) is 13.2 Å². The van der Waals surface area contributed by atoms with Gasteiger partial charge < -0.3 is 4.74 Å². The van der Waals surface area contributed by atoms with Gasteiger partial charge in [-0.3, -0.25) is 0 Å². The fraction of sp³-hybridized carbons (Fsp3) is 0.600. The van der Waals surface area contributed by atoms with Crippen LogP contribution in [-0.4, -0.2) is 37.9 Å². The Morgan fingerprint density at radius 3 is 1.37 bits per heavy atom. The number of alkyl halides is 8. The van der Waals surface area contributed by atoms with Crippen molar-refractivity contribution in [2.75, 3.05) is 19.9 Å². The van der Waals surface area contributed by atoms with E-state index in [1.165, 1.54) is 0 Å². The number of hydrogen-bond acceptors (Lipinski definition) is 1. The number of halogens is 8. The predicted molar refractivity (Wildman–Crippen MR) is 53.1 cm³/mol. The van der Waals surface area contributed by atoms with Crippen LogP contribution in [0.1, 0.15) is 0 Å². The molecule has 0 atom stereocenters. The van der Waals surface area contributed by atoms with Crippen LogP contribution < -0.4 is 0 Å². The molecule has 0 spiro atoms. The summed E-state index contributed by atoms with van der Waals surface area (Å²) >= 11 is 0. The summed E-state index contributed by atoms with van der Waals surface area (Å²) < 4.78 is 95.7. The lowest BCUT2D eigenvalue weighted by Gasteiger charge is -2.25. The third-order valence-corrected chi connectivity index (χ3v) is 1.45. The molecule has 0 rings (SSSR count). The average Bonchev–Trinajstić information content (AvgIpc) is 2.29. The molecule has 0 aliphatic rings. The van der Waals surface area contributed by atoms with Crippen molar-refractivity contribution in [1.82, 2.24) is 0 Å². The van der Waals surface area contributed by atoms with Crippen LogP contribution in [-0.2, 0) is 4.74 Å². The van der Waals surface area contributed by atoms with Crippen molar-refractivity contribution in [3.63, 3.8) is 0 Å². The van der Waals surface area contributed by atoms with E-state index in [4.69, 9.17) is 4.74 Å². The van der Waals surface area contributed by atoms with Gasteiger partial charge in [-0.05, 0) is 0 Å². The fourth-order valence-corrected chi connectivity index (χ4v) is 0.526. The normalized spacial score (nSPS) is 12.4. The van der Waals surface area contributed by atoms with Crippen molar-refractivity contribution in [3.05, 3.63) is 25.3 Å². The summed E-state index contributed by atoms with van der Waals surface area (Å²) in [7, 11) is 0. The lowest BCUT2D eigenvalue weighted by molar-refractivity contribution is -0.356. The van der Waals surface area contributed by atoms with E-state index in [0.29, 0.717) is 13.2 Å². The fourth-order valence-electron chi connectivity index (χ4n) is 0.526. The summed E-state index contributed by atoms with van der Waals surface area (Å²) in [5.74, 6) is -12.0. The van der Waals surface area contributed by atoms with Gasteiger partial charge in [0.25, 0.3) is 0 Å². The molecular weight excluding hydrogens is 288 g/mol. The molecule has 114 valence electrons. The maximum Gasteiger partial charge on any atom is 0.459 e. The quantitative estimate of drug-likeness (QED) is 0.406. The smallest absolute Gasteiger partial charge is 0.373 e. The van der Waals surface area contributed by atoms with E-state index in [2.05, 4.69) is 13.2 Å². The SMILES string of the molecule is C=CCOCC=C.FCC(F)(F)C(F)(F)C(F)(F)F. The minimum absolute atomic E-state index is 0.617. The van der Waals surface area contributed by atoms with Crippen LogP contribution in [0.2, 0.25) is 0 Å². The summed E-state index contributed by atoms with van der Waals surface area (Å²) in [6, 6.07) is 0. The van der Waals surface area contributed by atoms with Crippen molar-refractivity contribution in [2.24, 2.45) is 0 Å². The van der Waals surface area contributed by atoms with Crippen molar-refractivity contribution < 1.29 is 39.9 Å². The van der Waals surface area contributed by atoms with Crippen LogP contribution in [0.4, 0.5) is 35.1 Å². The molecule has 19 heavy (non-hydrogen) atoms. The number of rotatable bonds is 6. The van der Waals surface area contributed by atoms with E-state index in [1.807, 2.05) is 0 Å². The molecule has 0 amide bonds. The molecular formula is C10H12F8O. The Hall–Kier alpha value is -1.12. The van der Waals surface area contributed by atoms with E-state index in [1.54, 1.807) is 12.2 Å². The van der Waals surface area contributed by atoms with Crippen LogP contribution in [0.5, 0.6) is 0 Å².